The second-order valence-electron chi connectivity index (χ2n) is 5.00. The van der Waals surface area contributed by atoms with Gasteiger partial charge < -0.3 is 9.94 Å². The Bertz CT molecular complexity index is 600. The molecule has 1 aromatic rings. The summed E-state index contributed by atoms with van der Waals surface area (Å²) in [5.74, 6) is -6.40. The lowest BCUT2D eigenvalue weighted by Gasteiger charge is -2.16. The Labute approximate surface area is 133 Å². The van der Waals surface area contributed by atoms with Crippen LogP contribution in [-0.2, 0) is 17.2 Å². The molecule has 0 amide bonds. The molecule has 0 aromatic heterocycles. The molecule has 0 saturated carbocycles. The Morgan fingerprint density at radius 2 is 1.73 bits per heavy atom. The first-order valence-corrected chi connectivity index (χ1v) is 7.73. The Hall–Kier alpha value is -0.990. The van der Waals surface area contributed by atoms with Crippen molar-refractivity contribution in [1.29, 1.82) is 0 Å². The maximum absolute atomic E-state index is 13.8. The molecule has 0 aliphatic carbocycles. The van der Waals surface area contributed by atoms with Crippen LogP contribution in [0.3, 0.4) is 0 Å². The molecule has 1 N–H and O–H groups in total. The van der Waals surface area contributed by atoms with Crippen LogP contribution in [0.4, 0.5) is 17.6 Å². The summed E-state index contributed by atoms with van der Waals surface area (Å²) in [6.45, 7) is 0.584. The van der Waals surface area contributed by atoms with E-state index in [1.54, 1.807) is 6.92 Å². The molecule has 9 heteroatoms. The number of rotatable bonds is 4. The van der Waals surface area contributed by atoms with Gasteiger partial charge in [0, 0.05) is 17.7 Å². The first-order chi connectivity index (χ1) is 10.3. The lowest BCUT2D eigenvalue weighted by atomic mass is 10.1. The van der Waals surface area contributed by atoms with Gasteiger partial charge in [-0.25, -0.2) is 17.6 Å². The Balaban J connectivity index is 2.18. The quantitative estimate of drug-likeness (QED) is 0.507. The van der Waals surface area contributed by atoms with Gasteiger partial charge in [0.05, 0.1) is 18.1 Å². The molecule has 3 nitrogen and oxygen atoms in total. The summed E-state index contributed by atoms with van der Waals surface area (Å²) in [5, 5.41) is 12.9. The first-order valence-electron chi connectivity index (χ1n) is 6.21. The topological polar surface area (TPSA) is 41.8 Å². The summed E-state index contributed by atoms with van der Waals surface area (Å²) in [5.41, 5.74) is -2.47. The van der Waals surface area contributed by atoms with Crippen LogP contribution in [0.5, 0.6) is 0 Å². The van der Waals surface area contributed by atoms with Gasteiger partial charge in [-0.2, -0.15) is 0 Å². The van der Waals surface area contributed by atoms with Crippen LogP contribution < -0.4 is 0 Å². The van der Waals surface area contributed by atoms with Crippen LogP contribution in [0.25, 0.3) is 0 Å². The minimum Gasteiger partial charge on any atom is -0.391 e. The molecule has 0 bridgehead atoms. The number of hydrogen-bond acceptors (Lipinski definition) is 4. The first kappa shape index (κ1) is 17.4. The number of nitrogens with zero attached hydrogens (tertiary/aromatic N) is 1. The SMILES string of the molecule is CC1(CCl)CC(SCc2c(F)c(F)c(CO)c(F)c2F)=NO1. The summed E-state index contributed by atoms with van der Waals surface area (Å²) in [6, 6.07) is 0. The van der Waals surface area contributed by atoms with Crippen LogP contribution >= 0.6 is 23.4 Å². The average molecular weight is 358 g/mol. The highest BCUT2D eigenvalue weighted by molar-refractivity contribution is 8.13. The van der Waals surface area contributed by atoms with Crippen LogP contribution in [0.15, 0.2) is 5.16 Å². The van der Waals surface area contributed by atoms with Crippen molar-refractivity contribution >= 4 is 28.4 Å². The second-order valence-corrected chi connectivity index (χ2v) is 6.31. The van der Waals surface area contributed by atoms with Gasteiger partial charge in [0.1, 0.15) is 5.04 Å². The largest absolute Gasteiger partial charge is 0.391 e. The highest BCUT2D eigenvalue weighted by Gasteiger charge is 2.34. The van der Waals surface area contributed by atoms with E-state index in [0.717, 1.165) is 11.8 Å². The van der Waals surface area contributed by atoms with Gasteiger partial charge in [0.15, 0.2) is 28.9 Å². The van der Waals surface area contributed by atoms with Gasteiger partial charge in [-0.3, -0.25) is 0 Å². The smallest absolute Gasteiger partial charge is 0.167 e. The Morgan fingerprint density at radius 3 is 2.18 bits per heavy atom. The van der Waals surface area contributed by atoms with Crippen LogP contribution in [0, 0.1) is 23.3 Å². The second kappa shape index (κ2) is 6.64. The normalized spacial score (nSPS) is 21.0. The standard InChI is InChI=1S/C13H12ClF4NO2S/c1-13(5-14)2-8(19-21-13)22-4-7-11(17)9(15)6(3-20)10(16)12(7)18/h20H,2-5H2,1H3. The van der Waals surface area contributed by atoms with E-state index in [1.165, 1.54) is 0 Å². The molecule has 0 radical (unpaired) electrons. The number of aliphatic hydroxyl groups excluding tert-OH is 1. The van der Waals surface area contributed by atoms with Crippen molar-refractivity contribution in [1.82, 2.24) is 0 Å². The van der Waals surface area contributed by atoms with Gasteiger partial charge in [0.25, 0.3) is 0 Å². The third-order valence-electron chi connectivity index (χ3n) is 3.16. The molecule has 0 spiro atoms. The molecule has 1 unspecified atom stereocenters. The molecule has 0 saturated heterocycles. The maximum Gasteiger partial charge on any atom is 0.167 e. The Kier molecular flexibility index (Phi) is 5.24. The lowest BCUT2D eigenvalue weighted by Crippen LogP contribution is -2.26. The number of aliphatic hydroxyl groups is 1. The predicted molar refractivity (Wildman–Crippen MR) is 75.8 cm³/mol. The average Bonchev–Trinajstić information content (AvgIpc) is 2.88. The van der Waals surface area contributed by atoms with Gasteiger partial charge >= 0.3 is 0 Å². The molecule has 22 heavy (non-hydrogen) atoms. The van der Waals surface area contributed by atoms with Crippen LogP contribution in [-0.4, -0.2) is 21.6 Å². The lowest BCUT2D eigenvalue weighted by molar-refractivity contribution is 0.0152. The molecular weight excluding hydrogens is 346 g/mol. The summed E-state index contributed by atoms with van der Waals surface area (Å²) in [7, 11) is 0. The van der Waals surface area contributed by atoms with E-state index in [0.29, 0.717) is 11.5 Å². The molecule has 1 aromatic carbocycles. The molecule has 1 heterocycles. The number of halogens is 5. The Morgan fingerprint density at radius 1 is 1.18 bits per heavy atom. The van der Waals surface area contributed by atoms with Crippen molar-refractivity contribution in [3.05, 3.63) is 34.4 Å². The van der Waals surface area contributed by atoms with Gasteiger partial charge in [-0.15, -0.1) is 23.4 Å². The van der Waals surface area contributed by atoms with E-state index in [9.17, 15) is 17.6 Å². The highest BCUT2D eigenvalue weighted by atomic mass is 35.5. The third kappa shape index (κ3) is 3.18. The van der Waals surface area contributed by atoms with Crippen LogP contribution in [0.1, 0.15) is 24.5 Å². The van der Waals surface area contributed by atoms with E-state index in [1.807, 2.05) is 0 Å². The fourth-order valence-corrected chi connectivity index (χ4v) is 3.04. The van der Waals surface area contributed by atoms with Crippen molar-refractivity contribution in [2.45, 2.75) is 31.3 Å². The molecule has 1 atom stereocenters. The molecule has 1 aliphatic rings. The summed E-state index contributed by atoms with van der Waals surface area (Å²) in [4.78, 5) is 5.10. The van der Waals surface area contributed by atoms with E-state index in [2.05, 4.69) is 5.16 Å². The van der Waals surface area contributed by atoms with Gasteiger partial charge in [0.2, 0.25) is 0 Å². The van der Waals surface area contributed by atoms with E-state index in [-0.39, 0.29) is 11.6 Å². The van der Waals surface area contributed by atoms with Crippen LogP contribution in [0.2, 0.25) is 0 Å². The third-order valence-corrected chi connectivity index (χ3v) is 4.71. The van der Waals surface area contributed by atoms with Crippen molar-refractivity contribution in [3.63, 3.8) is 0 Å². The molecule has 122 valence electrons. The zero-order chi connectivity index (χ0) is 16.5. The van der Waals surface area contributed by atoms with Gasteiger partial charge in [-0.05, 0) is 6.92 Å². The number of benzene rings is 1. The monoisotopic (exact) mass is 357 g/mol. The fourth-order valence-electron chi connectivity index (χ4n) is 1.84. The van der Waals surface area contributed by atoms with E-state index < -0.39 is 46.6 Å². The minimum absolute atomic E-state index is 0.178. The fraction of sp³-hybridized carbons (Fsp3) is 0.462. The highest BCUT2D eigenvalue weighted by Crippen LogP contribution is 2.33. The molecular formula is C13H12ClF4NO2S. The number of alkyl halides is 1. The van der Waals surface area contributed by atoms with Crippen molar-refractivity contribution in [2.75, 3.05) is 5.88 Å². The number of oxime groups is 1. The molecule has 0 fully saturated rings. The maximum atomic E-state index is 13.8. The summed E-state index contributed by atoms with van der Waals surface area (Å²) >= 11 is 6.61. The summed E-state index contributed by atoms with van der Waals surface area (Å²) < 4.78 is 54.7. The van der Waals surface area contributed by atoms with E-state index in [4.69, 9.17) is 21.5 Å². The van der Waals surface area contributed by atoms with Crippen molar-refractivity contribution in [2.24, 2.45) is 5.16 Å². The number of hydrogen-bond donors (Lipinski definition) is 1. The minimum atomic E-state index is -1.59. The predicted octanol–water partition coefficient (Wildman–Crippen LogP) is 3.70. The van der Waals surface area contributed by atoms with E-state index >= 15 is 0 Å². The van der Waals surface area contributed by atoms with Crippen molar-refractivity contribution < 1.29 is 27.5 Å². The molecule has 2 rings (SSSR count). The number of thioether (sulfide) groups is 1. The van der Waals surface area contributed by atoms with Crippen molar-refractivity contribution in [3.8, 4) is 0 Å². The molecule has 1 aliphatic heterocycles. The summed E-state index contributed by atoms with van der Waals surface area (Å²) in [6.07, 6.45) is 0.337. The zero-order valence-electron chi connectivity index (χ0n) is 11.4. The zero-order valence-corrected chi connectivity index (χ0v) is 13.0. The van der Waals surface area contributed by atoms with Gasteiger partial charge in [-0.1, -0.05) is 5.16 Å².